The van der Waals surface area contributed by atoms with Gasteiger partial charge in [0, 0.05) is 31.8 Å². The van der Waals surface area contributed by atoms with Crippen molar-refractivity contribution < 1.29 is 14.3 Å². The van der Waals surface area contributed by atoms with E-state index in [0.29, 0.717) is 5.76 Å². The highest BCUT2D eigenvalue weighted by molar-refractivity contribution is 14.0. The third-order valence-electron chi connectivity index (χ3n) is 5.95. The number of aryl methyl sites for hydroxylation is 1. The maximum atomic E-state index is 10.8. The van der Waals surface area contributed by atoms with Crippen molar-refractivity contribution in [1.82, 2.24) is 15.5 Å². The first-order valence-corrected chi connectivity index (χ1v) is 10.6. The third-order valence-corrected chi connectivity index (χ3v) is 5.95. The minimum Gasteiger partial charge on any atom is -0.463 e. The number of hydrogen-bond acceptors (Lipinski definition) is 5. The molecular formula is C21H37IN4O3. The van der Waals surface area contributed by atoms with Crippen molar-refractivity contribution in [2.24, 2.45) is 4.99 Å². The predicted octanol–water partition coefficient (Wildman–Crippen LogP) is 2.61. The van der Waals surface area contributed by atoms with Gasteiger partial charge in [0.1, 0.15) is 17.1 Å². The van der Waals surface area contributed by atoms with Crippen LogP contribution in [0.4, 0.5) is 0 Å². The first-order valence-electron chi connectivity index (χ1n) is 10.6. The Labute approximate surface area is 191 Å². The fourth-order valence-electron chi connectivity index (χ4n) is 4.17. The summed E-state index contributed by atoms with van der Waals surface area (Å²) in [5.74, 6) is 2.06. The van der Waals surface area contributed by atoms with Crippen LogP contribution in [-0.4, -0.2) is 67.4 Å². The molecule has 29 heavy (non-hydrogen) atoms. The molecule has 2 aliphatic heterocycles. The number of ether oxygens (including phenoxy) is 1. The topological polar surface area (TPSA) is 82.3 Å². The lowest BCUT2D eigenvalue weighted by Gasteiger charge is -2.45. The van der Waals surface area contributed by atoms with E-state index >= 15 is 0 Å². The summed E-state index contributed by atoms with van der Waals surface area (Å²) in [6.07, 6.45) is 4.65. The molecule has 0 amide bonds. The van der Waals surface area contributed by atoms with Crippen molar-refractivity contribution in [3.8, 4) is 0 Å². The molecule has 166 valence electrons. The Balaban J connectivity index is 0.00000300. The monoisotopic (exact) mass is 520 g/mol. The van der Waals surface area contributed by atoms with Crippen LogP contribution in [0.15, 0.2) is 21.5 Å². The Morgan fingerprint density at radius 1 is 1.24 bits per heavy atom. The second-order valence-corrected chi connectivity index (χ2v) is 8.26. The van der Waals surface area contributed by atoms with E-state index in [0.717, 1.165) is 50.9 Å². The van der Waals surface area contributed by atoms with E-state index in [4.69, 9.17) is 9.15 Å². The minimum absolute atomic E-state index is 0. The minimum atomic E-state index is -1.14. The van der Waals surface area contributed by atoms with Gasteiger partial charge in [0.25, 0.3) is 0 Å². The molecule has 2 saturated heterocycles. The Hall–Kier alpha value is -0.840. The first-order chi connectivity index (χ1) is 13.5. The van der Waals surface area contributed by atoms with Crippen LogP contribution in [0, 0.1) is 6.92 Å². The summed E-state index contributed by atoms with van der Waals surface area (Å²) >= 11 is 0. The van der Waals surface area contributed by atoms with Crippen LogP contribution in [0.25, 0.3) is 0 Å². The Morgan fingerprint density at radius 3 is 2.52 bits per heavy atom. The van der Waals surface area contributed by atoms with Crippen LogP contribution < -0.4 is 10.6 Å². The summed E-state index contributed by atoms with van der Waals surface area (Å²) in [5.41, 5.74) is -1.01. The molecule has 0 bridgehead atoms. The molecule has 7 nitrogen and oxygen atoms in total. The molecule has 1 unspecified atom stereocenters. The normalized spacial score (nSPS) is 22.0. The van der Waals surface area contributed by atoms with Crippen molar-refractivity contribution in [1.29, 1.82) is 0 Å². The number of halogens is 1. The number of guanidine groups is 1. The van der Waals surface area contributed by atoms with Crippen LogP contribution in [0.3, 0.4) is 0 Å². The summed E-state index contributed by atoms with van der Waals surface area (Å²) < 4.78 is 11.2. The van der Waals surface area contributed by atoms with Crippen molar-refractivity contribution in [2.45, 2.75) is 57.6 Å². The quantitative estimate of drug-likeness (QED) is 0.292. The predicted molar refractivity (Wildman–Crippen MR) is 126 cm³/mol. The van der Waals surface area contributed by atoms with Gasteiger partial charge in [-0.1, -0.05) is 0 Å². The van der Waals surface area contributed by atoms with Gasteiger partial charge < -0.3 is 24.9 Å². The third kappa shape index (κ3) is 6.32. The van der Waals surface area contributed by atoms with Crippen molar-refractivity contribution in [2.75, 3.05) is 45.9 Å². The lowest BCUT2D eigenvalue weighted by Crippen LogP contribution is -2.58. The molecule has 3 N–H and O–H groups in total. The number of nitrogens with one attached hydrogen (secondary N) is 2. The number of aliphatic imine (C=N–C) groups is 1. The molecule has 1 aromatic rings. The zero-order valence-corrected chi connectivity index (χ0v) is 20.3. The largest absolute Gasteiger partial charge is 0.463 e. The molecule has 3 heterocycles. The smallest absolute Gasteiger partial charge is 0.191 e. The van der Waals surface area contributed by atoms with E-state index in [1.54, 1.807) is 6.92 Å². The Kier molecular flexibility index (Phi) is 9.24. The molecule has 1 atom stereocenters. The van der Waals surface area contributed by atoms with E-state index in [9.17, 15) is 5.11 Å². The number of rotatable bonds is 7. The van der Waals surface area contributed by atoms with Gasteiger partial charge in [-0.25, -0.2) is 4.99 Å². The lowest BCUT2D eigenvalue weighted by molar-refractivity contribution is -0.0164. The standard InChI is InChI=1S/C21H36N4O3.HI/c1-4-22-19(23-15-20(3,26)18-8-7-17(2)28-18)24-16-21(9-13-27-14-10-21)25-11-5-6-12-25;/h7-8,26H,4-6,9-16H2,1-3H3,(H2,22,23,24);1H. The molecular weight excluding hydrogens is 483 g/mol. The summed E-state index contributed by atoms with van der Waals surface area (Å²) in [7, 11) is 0. The molecule has 3 rings (SSSR count). The molecule has 8 heteroatoms. The molecule has 0 spiro atoms. The fourth-order valence-corrected chi connectivity index (χ4v) is 4.17. The SMILES string of the molecule is CCNC(=NCC(C)(O)c1ccc(C)o1)NCC1(N2CCCC2)CCOCC1.I. The highest BCUT2D eigenvalue weighted by Crippen LogP contribution is 2.30. The second-order valence-electron chi connectivity index (χ2n) is 8.26. The van der Waals surface area contributed by atoms with Gasteiger partial charge >= 0.3 is 0 Å². The number of aliphatic hydroxyl groups is 1. The Morgan fingerprint density at radius 2 is 1.93 bits per heavy atom. The van der Waals surface area contributed by atoms with Gasteiger partial charge in [-0.05, 0) is 71.7 Å². The van der Waals surface area contributed by atoms with Crippen LogP contribution in [0.1, 0.15) is 51.1 Å². The van der Waals surface area contributed by atoms with E-state index < -0.39 is 5.60 Å². The maximum Gasteiger partial charge on any atom is 0.191 e. The molecule has 2 fully saturated rings. The molecule has 0 radical (unpaired) electrons. The summed E-state index contributed by atoms with van der Waals surface area (Å²) in [4.78, 5) is 7.28. The highest BCUT2D eigenvalue weighted by atomic mass is 127. The fraction of sp³-hybridized carbons (Fsp3) is 0.762. The lowest BCUT2D eigenvalue weighted by atomic mass is 9.88. The van der Waals surface area contributed by atoms with Crippen molar-refractivity contribution in [3.63, 3.8) is 0 Å². The zero-order valence-electron chi connectivity index (χ0n) is 18.0. The van der Waals surface area contributed by atoms with E-state index in [-0.39, 0.29) is 36.1 Å². The summed E-state index contributed by atoms with van der Waals surface area (Å²) in [6.45, 7) is 11.5. The second kappa shape index (κ2) is 11.0. The van der Waals surface area contributed by atoms with E-state index in [1.165, 1.54) is 25.9 Å². The van der Waals surface area contributed by atoms with Gasteiger partial charge in [-0.3, -0.25) is 4.90 Å². The van der Waals surface area contributed by atoms with E-state index in [2.05, 4.69) is 27.4 Å². The Bertz CT molecular complexity index is 650. The van der Waals surface area contributed by atoms with Crippen molar-refractivity contribution in [3.05, 3.63) is 23.7 Å². The summed E-state index contributed by atoms with van der Waals surface area (Å²) in [6, 6.07) is 3.68. The van der Waals surface area contributed by atoms with Crippen LogP contribution in [0.2, 0.25) is 0 Å². The molecule has 0 aromatic carbocycles. The summed E-state index contributed by atoms with van der Waals surface area (Å²) in [5, 5.41) is 17.6. The van der Waals surface area contributed by atoms with Gasteiger partial charge in [-0.15, -0.1) is 24.0 Å². The van der Waals surface area contributed by atoms with Gasteiger partial charge in [0.05, 0.1) is 6.54 Å². The van der Waals surface area contributed by atoms with Crippen LogP contribution in [0.5, 0.6) is 0 Å². The number of nitrogens with zero attached hydrogens (tertiary/aromatic N) is 2. The first kappa shape index (κ1) is 24.4. The molecule has 0 saturated carbocycles. The number of hydrogen-bond donors (Lipinski definition) is 3. The highest BCUT2D eigenvalue weighted by Gasteiger charge is 2.39. The van der Waals surface area contributed by atoms with Crippen LogP contribution >= 0.6 is 24.0 Å². The van der Waals surface area contributed by atoms with Crippen LogP contribution in [-0.2, 0) is 10.3 Å². The molecule has 2 aliphatic rings. The maximum absolute atomic E-state index is 10.8. The molecule has 1 aromatic heterocycles. The van der Waals surface area contributed by atoms with Gasteiger partial charge in [-0.2, -0.15) is 0 Å². The molecule has 0 aliphatic carbocycles. The number of furan rings is 1. The van der Waals surface area contributed by atoms with E-state index in [1.807, 2.05) is 19.1 Å². The van der Waals surface area contributed by atoms with Gasteiger partial charge in [0.15, 0.2) is 5.96 Å². The zero-order chi connectivity index (χ0) is 20.0. The average molecular weight is 520 g/mol. The average Bonchev–Trinajstić information content (AvgIpc) is 3.37. The number of likely N-dealkylation sites (tertiary alicyclic amines) is 1. The van der Waals surface area contributed by atoms with Crippen molar-refractivity contribution >= 4 is 29.9 Å². The van der Waals surface area contributed by atoms with Gasteiger partial charge in [0.2, 0.25) is 0 Å².